The number of rotatable bonds is 3. The molecular formula is C15H15N3O. The van der Waals surface area contributed by atoms with Gasteiger partial charge in [-0.1, -0.05) is 6.07 Å². The molecule has 0 bridgehead atoms. The molecule has 0 saturated carbocycles. The van der Waals surface area contributed by atoms with Gasteiger partial charge in [0.2, 0.25) is 5.78 Å². The minimum absolute atomic E-state index is 0.0502. The molecule has 0 N–H and O–H groups in total. The Morgan fingerprint density at radius 2 is 2.32 bits per heavy atom. The van der Waals surface area contributed by atoms with Crippen LogP contribution in [-0.2, 0) is 13.0 Å². The molecule has 0 aliphatic carbocycles. The highest BCUT2D eigenvalue weighted by Gasteiger charge is 2.14. The standard InChI is InChI=1S/C15H15N3O/c19-14(7-6-12-4-3-8-16-10-12)13-11-18-9-2-1-5-15(18)17-13/h3-4,6-8,10-11H,1-2,5,9H2/b7-6+. The summed E-state index contributed by atoms with van der Waals surface area (Å²) in [4.78, 5) is 20.5. The third kappa shape index (κ3) is 2.62. The van der Waals surface area contributed by atoms with E-state index in [2.05, 4.69) is 14.5 Å². The number of hydrogen-bond donors (Lipinski definition) is 0. The molecule has 96 valence electrons. The summed E-state index contributed by atoms with van der Waals surface area (Å²) in [6, 6.07) is 3.76. The second kappa shape index (κ2) is 5.18. The van der Waals surface area contributed by atoms with Gasteiger partial charge in [-0.2, -0.15) is 0 Å². The van der Waals surface area contributed by atoms with E-state index in [-0.39, 0.29) is 5.78 Å². The summed E-state index contributed by atoms with van der Waals surface area (Å²) in [6.45, 7) is 0.974. The van der Waals surface area contributed by atoms with Crippen molar-refractivity contribution in [3.63, 3.8) is 0 Å². The molecular weight excluding hydrogens is 238 g/mol. The quantitative estimate of drug-likeness (QED) is 0.623. The van der Waals surface area contributed by atoms with E-state index < -0.39 is 0 Å². The average molecular weight is 253 g/mol. The maximum absolute atomic E-state index is 12.1. The number of allylic oxidation sites excluding steroid dienone is 1. The second-order valence-corrected chi connectivity index (χ2v) is 4.68. The summed E-state index contributed by atoms with van der Waals surface area (Å²) in [5.41, 5.74) is 1.46. The first-order valence-corrected chi connectivity index (χ1v) is 6.51. The molecule has 2 aromatic rings. The van der Waals surface area contributed by atoms with Crippen LogP contribution in [0.5, 0.6) is 0 Å². The Balaban J connectivity index is 1.77. The first-order chi connectivity index (χ1) is 9.33. The summed E-state index contributed by atoms with van der Waals surface area (Å²) in [6.07, 6.45) is 11.9. The largest absolute Gasteiger partial charge is 0.334 e. The number of aromatic nitrogens is 3. The van der Waals surface area contributed by atoms with Crippen LogP contribution < -0.4 is 0 Å². The maximum Gasteiger partial charge on any atom is 0.205 e. The van der Waals surface area contributed by atoms with Crippen molar-refractivity contribution in [2.45, 2.75) is 25.8 Å². The molecule has 1 aliphatic rings. The molecule has 0 saturated heterocycles. The zero-order valence-electron chi connectivity index (χ0n) is 10.6. The van der Waals surface area contributed by atoms with Crippen molar-refractivity contribution < 1.29 is 4.79 Å². The molecule has 0 radical (unpaired) electrons. The van der Waals surface area contributed by atoms with Gasteiger partial charge in [0.15, 0.2) is 0 Å². The number of imidazole rings is 1. The predicted molar refractivity (Wildman–Crippen MR) is 72.8 cm³/mol. The van der Waals surface area contributed by atoms with Crippen LogP contribution in [-0.4, -0.2) is 20.3 Å². The van der Waals surface area contributed by atoms with Gasteiger partial charge in [-0.05, 0) is 36.6 Å². The van der Waals surface area contributed by atoms with Crippen LogP contribution in [0.3, 0.4) is 0 Å². The Bertz CT molecular complexity index is 590. The predicted octanol–water partition coefficient (Wildman–Crippen LogP) is 2.51. The average Bonchev–Trinajstić information content (AvgIpc) is 2.90. The normalized spacial score (nSPS) is 14.5. The van der Waals surface area contributed by atoms with Crippen molar-refractivity contribution in [3.8, 4) is 0 Å². The van der Waals surface area contributed by atoms with Crippen molar-refractivity contribution >= 4 is 11.9 Å². The molecule has 3 rings (SSSR count). The van der Waals surface area contributed by atoms with Crippen molar-refractivity contribution in [2.24, 2.45) is 0 Å². The summed E-state index contributed by atoms with van der Waals surface area (Å²) in [5, 5.41) is 0. The highest BCUT2D eigenvalue weighted by atomic mass is 16.1. The third-order valence-corrected chi connectivity index (χ3v) is 3.27. The lowest BCUT2D eigenvalue weighted by Crippen LogP contribution is -2.08. The number of fused-ring (bicyclic) bond motifs is 1. The zero-order chi connectivity index (χ0) is 13.1. The first kappa shape index (κ1) is 11.8. The van der Waals surface area contributed by atoms with E-state index in [4.69, 9.17) is 0 Å². The van der Waals surface area contributed by atoms with Crippen molar-refractivity contribution in [1.29, 1.82) is 0 Å². The highest BCUT2D eigenvalue weighted by molar-refractivity contribution is 6.05. The fraction of sp³-hybridized carbons (Fsp3) is 0.267. The topological polar surface area (TPSA) is 47.8 Å². The van der Waals surface area contributed by atoms with E-state index in [1.54, 1.807) is 24.5 Å². The summed E-state index contributed by atoms with van der Waals surface area (Å²) in [7, 11) is 0. The fourth-order valence-corrected chi connectivity index (χ4v) is 2.26. The van der Waals surface area contributed by atoms with Gasteiger partial charge in [-0.25, -0.2) is 4.98 Å². The van der Waals surface area contributed by atoms with Gasteiger partial charge in [-0.3, -0.25) is 9.78 Å². The van der Waals surface area contributed by atoms with Crippen LogP contribution in [0.2, 0.25) is 0 Å². The number of carbonyl (C=O) groups excluding carboxylic acids is 1. The van der Waals surface area contributed by atoms with Crippen molar-refractivity contribution in [3.05, 3.63) is 53.9 Å². The maximum atomic E-state index is 12.1. The number of hydrogen-bond acceptors (Lipinski definition) is 3. The van der Waals surface area contributed by atoms with Crippen LogP contribution >= 0.6 is 0 Å². The lowest BCUT2D eigenvalue weighted by atomic mass is 10.2. The van der Waals surface area contributed by atoms with Gasteiger partial charge in [0.1, 0.15) is 11.5 Å². The number of pyridine rings is 1. The Hall–Kier alpha value is -2.23. The third-order valence-electron chi connectivity index (χ3n) is 3.27. The van der Waals surface area contributed by atoms with Gasteiger partial charge in [0.25, 0.3) is 0 Å². The number of carbonyl (C=O) groups is 1. The fourth-order valence-electron chi connectivity index (χ4n) is 2.26. The summed E-state index contributed by atoms with van der Waals surface area (Å²) >= 11 is 0. The molecule has 0 aromatic carbocycles. The minimum atomic E-state index is -0.0502. The first-order valence-electron chi connectivity index (χ1n) is 6.51. The summed E-state index contributed by atoms with van der Waals surface area (Å²) < 4.78 is 2.09. The Morgan fingerprint density at radius 3 is 3.11 bits per heavy atom. The van der Waals surface area contributed by atoms with Crippen LogP contribution in [0.15, 0.2) is 36.8 Å². The van der Waals surface area contributed by atoms with E-state index in [1.807, 2.05) is 18.3 Å². The van der Waals surface area contributed by atoms with Gasteiger partial charge in [0, 0.05) is 31.6 Å². The van der Waals surface area contributed by atoms with Crippen molar-refractivity contribution in [2.75, 3.05) is 0 Å². The molecule has 0 unspecified atom stereocenters. The smallest absolute Gasteiger partial charge is 0.205 e. The van der Waals surface area contributed by atoms with E-state index in [9.17, 15) is 4.79 Å². The highest BCUT2D eigenvalue weighted by Crippen LogP contribution is 2.15. The molecule has 2 aromatic heterocycles. The van der Waals surface area contributed by atoms with E-state index in [0.29, 0.717) is 5.69 Å². The lowest BCUT2D eigenvalue weighted by molar-refractivity contribution is 0.104. The SMILES string of the molecule is O=C(/C=C/c1cccnc1)c1cn2c(n1)CCCC2. The van der Waals surface area contributed by atoms with E-state index in [0.717, 1.165) is 30.8 Å². The molecule has 3 heterocycles. The molecule has 4 nitrogen and oxygen atoms in total. The van der Waals surface area contributed by atoms with E-state index in [1.165, 1.54) is 6.42 Å². The molecule has 0 amide bonds. The van der Waals surface area contributed by atoms with Crippen LogP contribution in [0, 0.1) is 0 Å². The molecule has 19 heavy (non-hydrogen) atoms. The zero-order valence-corrected chi connectivity index (χ0v) is 10.6. The van der Waals surface area contributed by atoms with Crippen molar-refractivity contribution in [1.82, 2.24) is 14.5 Å². The van der Waals surface area contributed by atoms with Gasteiger partial charge in [-0.15, -0.1) is 0 Å². The number of aryl methyl sites for hydroxylation is 2. The molecule has 4 heteroatoms. The minimum Gasteiger partial charge on any atom is -0.334 e. The van der Waals surface area contributed by atoms with E-state index >= 15 is 0 Å². The van der Waals surface area contributed by atoms with Gasteiger partial charge >= 0.3 is 0 Å². The molecule has 0 fully saturated rings. The Kier molecular flexibility index (Phi) is 3.23. The van der Waals surface area contributed by atoms with Crippen LogP contribution in [0.25, 0.3) is 6.08 Å². The van der Waals surface area contributed by atoms with Gasteiger partial charge < -0.3 is 4.57 Å². The van der Waals surface area contributed by atoms with Gasteiger partial charge in [0.05, 0.1) is 0 Å². The monoisotopic (exact) mass is 253 g/mol. The molecule has 1 aliphatic heterocycles. The van der Waals surface area contributed by atoms with Crippen LogP contribution in [0.1, 0.15) is 34.7 Å². The Labute approximate surface area is 111 Å². The second-order valence-electron chi connectivity index (χ2n) is 4.68. The Morgan fingerprint density at radius 1 is 1.37 bits per heavy atom. The molecule has 0 atom stereocenters. The number of ketones is 1. The number of nitrogens with zero attached hydrogens (tertiary/aromatic N) is 3. The lowest BCUT2D eigenvalue weighted by Gasteiger charge is -2.11. The van der Waals surface area contributed by atoms with Crippen LogP contribution in [0.4, 0.5) is 0 Å². The molecule has 0 spiro atoms. The summed E-state index contributed by atoms with van der Waals surface area (Å²) in [5.74, 6) is 0.982.